The van der Waals surface area contributed by atoms with Gasteiger partial charge in [0.2, 0.25) is 5.91 Å². The predicted octanol–water partition coefficient (Wildman–Crippen LogP) is 3.62. The van der Waals surface area contributed by atoms with Gasteiger partial charge in [0.15, 0.2) is 0 Å². The molecule has 2 aromatic heterocycles. The normalized spacial score (nSPS) is 14.4. The zero-order valence-corrected chi connectivity index (χ0v) is 22.3. The number of likely N-dealkylation sites (N-methyl/N-ethyl adjacent to an activating group) is 1. The van der Waals surface area contributed by atoms with Gasteiger partial charge < -0.3 is 19.1 Å². The molecule has 0 N–H and O–H groups in total. The Bertz CT molecular complexity index is 1450. The van der Waals surface area contributed by atoms with Crippen molar-refractivity contribution in [3.8, 4) is 16.9 Å². The SMILES string of the molecule is Cc1nccn1CCC(=O)N1CCOc2ccc(-c3cncnc3)cc2Cc2cccc(c2)C(=O)N(C)CC1. The van der Waals surface area contributed by atoms with Crippen LogP contribution < -0.4 is 4.74 Å². The van der Waals surface area contributed by atoms with Gasteiger partial charge in [0, 0.05) is 75.4 Å². The van der Waals surface area contributed by atoms with Crippen LogP contribution in [0.1, 0.15) is 33.7 Å². The van der Waals surface area contributed by atoms with E-state index in [4.69, 9.17) is 4.74 Å². The minimum Gasteiger partial charge on any atom is -0.491 e. The highest BCUT2D eigenvalue weighted by atomic mass is 16.5. The van der Waals surface area contributed by atoms with Crippen LogP contribution in [0.25, 0.3) is 11.1 Å². The maximum absolute atomic E-state index is 13.2. The average Bonchev–Trinajstić information content (AvgIpc) is 3.38. The maximum atomic E-state index is 13.2. The Kier molecular flexibility index (Phi) is 7.96. The van der Waals surface area contributed by atoms with Crippen molar-refractivity contribution in [3.05, 3.63) is 96.1 Å². The van der Waals surface area contributed by atoms with Crippen molar-refractivity contribution >= 4 is 11.8 Å². The van der Waals surface area contributed by atoms with E-state index in [9.17, 15) is 9.59 Å². The molecule has 0 saturated heterocycles. The first kappa shape index (κ1) is 26.1. The van der Waals surface area contributed by atoms with E-state index in [1.54, 1.807) is 35.4 Å². The first-order valence-corrected chi connectivity index (χ1v) is 13.1. The number of aromatic nitrogens is 4. The summed E-state index contributed by atoms with van der Waals surface area (Å²) < 4.78 is 8.24. The molecule has 9 nitrogen and oxygen atoms in total. The summed E-state index contributed by atoms with van der Waals surface area (Å²) in [6.45, 7) is 4.09. The van der Waals surface area contributed by atoms with Crippen molar-refractivity contribution in [3.63, 3.8) is 0 Å². The van der Waals surface area contributed by atoms with E-state index < -0.39 is 0 Å². The number of carbonyl (C=O) groups is 2. The number of benzene rings is 2. The van der Waals surface area contributed by atoms with Crippen LogP contribution in [0.5, 0.6) is 5.75 Å². The second-order valence-corrected chi connectivity index (χ2v) is 9.70. The standard InChI is InChI=1S/C30H32N6O3/c1-22-33-9-11-35(22)10-8-29(37)36-13-12-34(2)30(38)25-5-3-4-23(16-25)17-26-18-24(27-19-31-21-32-20-27)6-7-28(26)39-15-14-36/h3-7,9,11,16,18-21H,8,10,12-15,17H2,1-2H3. The molecule has 0 radical (unpaired) electrons. The molecule has 0 fully saturated rings. The molecule has 2 bridgehead atoms. The fourth-order valence-corrected chi connectivity index (χ4v) is 4.75. The second-order valence-electron chi connectivity index (χ2n) is 9.70. The van der Waals surface area contributed by atoms with Gasteiger partial charge in [-0.25, -0.2) is 15.0 Å². The van der Waals surface area contributed by atoms with E-state index in [-0.39, 0.29) is 11.8 Å². The maximum Gasteiger partial charge on any atom is 0.253 e. The van der Waals surface area contributed by atoms with Crippen LogP contribution in [0, 0.1) is 6.92 Å². The smallest absolute Gasteiger partial charge is 0.253 e. The molecule has 0 unspecified atom stereocenters. The fraction of sp³-hybridized carbons (Fsp3) is 0.300. The number of hydrogen-bond acceptors (Lipinski definition) is 6. The lowest BCUT2D eigenvalue weighted by Crippen LogP contribution is -2.41. The number of nitrogens with zero attached hydrogens (tertiary/aromatic N) is 6. The molecule has 1 aliphatic heterocycles. The Morgan fingerprint density at radius 1 is 1.00 bits per heavy atom. The third-order valence-corrected chi connectivity index (χ3v) is 7.04. The Morgan fingerprint density at radius 3 is 2.64 bits per heavy atom. The first-order chi connectivity index (χ1) is 19.0. The third-order valence-electron chi connectivity index (χ3n) is 7.04. The molecule has 39 heavy (non-hydrogen) atoms. The summed E-state index contributed by atoms with van der Waals surface area (Å²) in [7, 11) is 1.78. The van der Waals surface area contributed by atoms with Gasteiger partial charge in [0.1, 0.15) is 24.5 Å². The van der Waals surface area contributed by atoms with Gasteiger partial charge in [0.05, 0.1) is 6.54 Å². The molecular weight excluding hydrogens is 492 g/mol. The minimum absolute atomic E-state index is 0.0151. The summed E-state index contributed by atoms with van der Waals surface area (Å²) >= 11 is 0. The van der Waals surface area contributed by atoms with Gasteiger partial charge >= 0.3 is 0 Å². The summed E-state index contributed by atoms with van der Waals surface area (Å²) in [4.78, 5) is 42.5. The first-order valence-electron chi connectivity index (χ1n) is 13.1. The number of hydrogen-bond donors (Lipinski definition) is 0. The summed E-state index contributed by atoms with van der Waals surface area (Å²) in [5, 5.41) is 0. The Balaban J connectivity index is 1.42. The lowest BCUT2D eigenvalue weighted by molar-refractivity contribution is -0.132. The van der Waals surface area contributed by atoms with Gasteiger partial charge in [-0.15, -0.1) is 0 Å². The van der Waals surface area contributed by atoms with Gasteiger partial charge in [0.25, 0.3) is 5.91 Å². The quantitative estimate of drug-likeness (QED) is 0.405. The molecule has 200 valence electrons. The average molecular weight is 525 g/mol. The van der Waals surface area contributed by atoms with E-state index in [0.29, 0.717) is 51.2 Å². The number of fused-ring (bicyclic) bond motifs is 3. The highest BCUT2D eigenvalue weighted by molar-refractivity contribution is 5.94. The minimum atomic E-state index is -0.0676. The molecule has 3 heterocycles. The van der Waals surface area contributed by atoms with Gasteiger partial charge in [-0.1, -0.05) is 18.2 Å². The van der Waals surface area contributed by atoms with E-state index in [2.05, 4.69) is 21.0 Å². The molecule has 9 heteroatoms. The highest BCUT2D eigenvalue weighted by Gasteiger charge is 2.19. The van der Waals surface area contributed by atoms with Crippen LogP contribution in [0.4, 0.5) is 0 Å². The van der Waals surface area contributed by atoms with Crippen molar-refractivity contribution < 1.29 is 14.3 Å². The molecule has 0 atom stereocenters. The zero-order valence-electron chi connectivity index (χ0n) is 22.3. The number of imidazole rings is 1. The van der Waals surface area contributed by atoms with Crippen LogP contribution in [0.2, 0.25) is 0 Å². The summed E-state index contributed by atoms with van der Waals surface area (Å²) in [5.41, 5.74) is 4.52. The summed E-state index contributed by atoms with van der Waals surface area (Å²) in [6, 6.07) is 13.7. The molecule has 5 rings (SSSR count). The number of aryl methyl sites for hydroxylation is 2. The highest BCUT2D eigenvalue weighted by Crippen LogP contribution is 2.28. The van der Waals surface area contributed by atoms with Gasteiger partial charge in [-0.2, -0.15) is 0 Å². The van der Waals surface area contributed by atoms with E-state index >= 15 is 0 Å². The van der Waals surface area contributed by atoms with Crippen LogP contribution in [-0.4, -0.2) is 74.4 Å². The van der Waals surface area contributed by atoms with Crippen molar-refractivity contribution in [2.75, 3.05) is 33.3 Å². The summed E-state index contributed by atoms with van der Waals surface area (Å²) in [6.07, 6.45) is 9.62. The monoisotopic (exact) mass is 524 g/mol. The van der Waals surface area contributed by atoms with E-state index in [1.807, 2.05) is 54.1 Å². The van der Waals surface area contributed by atoms with Crippen LogP contribution in [-0.2, 0) is 17.8 Å². The van der Waals surface area contributed by atoms with E-state index in [1.165, 1.54) is 6.33 Å². The molecule has 2 amide bonds. The van der Waals surface area contributed by atoms with Crippen molar-refractivity contribution in [1.82, 2.24) is 29.3 Å². The molecule has 0 spiro atoms. The van der Waals surface area contributed by atoms with Gasteiger partial charge in [-0.05, 0) is 47.9 Å². The topological polar surface area (TPSA) is 93.5 Å². The molecule has 0 aliphatic carbocycles. The van der Waals surface area contributed by atoms with Crippen LogP contribution >= 0.6 is 0 Å². The largest absolute Gasteiger partial charge is 0.491 e. The number of ether oxygens (including phenoxy) is 1. The van der Waals surface area contributed by atoms with Gasteiger partial charge in [-0.3, -0.25) is 9.59 Å². The van der Waals surface area contributed by atoms with Crippen LogP contribution in [0.15, 0.2) is 73.6 Å². The lowest BCUT2D eigenvalue weighted by atomic mass is 9.98. The van der Waals surface area contributed by atoms with Crippen LogP contribution in [0.3, 0.4) is 0 Å². The second kappa shape index (κ2) is 11.9. The Labute approximate surface area is 228 Å². The fourth-order valence-electron chi connectivity index (χ4n) is 4.75. The number of rotatable bonds is 4. The zero-order chi connectivity index (χ0) is 27.2. The summed E-state index contributed by atoms with van der Waals surface area (Å²) in [5.74, 6) is 1.57. The molecule has 2 aromatic carbocycles. The Morgan fingerprint density at radius 2 is 1.85 bits per heavy atom. The third kappa shape index (κ3) is 6.31. The number of amides is 2. The molecule has 1 aliphatic rings. The Hall–Kier alpha value is -4.53. The number of carbonyl (C=O) groups excluding carboxylic acids is 2. The van der Waals surface area contributed by atoms with Crippen molar-refractivity contribution in [1.29, 1.82) is 0 Å². The van der Waals surface area contributed by atoms with E-state index in [0.717, 1.165) is 33.8 Å². The molecule has 0 saturated carbocycles. The van der Waals surface area contributed by atoms with Crippen molar-refractivity contribution in [2.24, 2.45) is 0 Å². The lowest BCUT2D eigenvalue weighted by Gasteiger charge is -2.27. The predicted molar refractivity (Wildman–Crippen MR) is 147 cm³/mol. The molecule has 4 aromatic rings. The van der Waals surface area contributed by atoms with Crippen molar-refractivity contribution in [2.45, 2.75) is 26.3 Å². The molecular formula is C30H32N6O3.